The molecule has 1 fully saturated rings. The molecule has 7 rings (SSSR count). The fraction of sp³-hybridized carbons (Fsp3) is 0.154. The van der Waals surface area contributed by atoms with Gasteiger partial charge >= 0.3 is 0 Å². The van der Waals surface area contributed by atoms with Crippen molar-refractivity contribution in [3.63, 3.8) is 0 Å². The smallest absolute Gasteiger partial charge is 0.284 e. The minimum absolute atomic E-state index is 0.199. The van der Waals surface area contributed by atoms with Crippen molar-refractivity contribution < 1.29 is 0 Å². The molecule has 37 heavy (non-hydrogen) atoms. The molecular formula is C26H20ClN9O. The molecule has 182 valence electrons. The molecule has 10 nitrogen and oxygen atoms in total. The number of hydrogen-bond acceptors (Lipinski definition) is 7. The van der Waals surface area contributed by atoms with Gasteiger partial charge in [0, 0.05) is 30.2 Å². The standard InChI is InChI=1S/C26H20ClN9O/c1-15-7-8-16(13-28-15)21-20-23(32-31-21)29-14-30-25(20)34-11-10-19(34)24-33-35-12-9-18(27)22(35)26(37)36(24)17-5-3-2-4-6-17/h2-9,12-14,19H,10-11H2,1H3,(H,29,30,31,32)/t19-/m0/s1. The van der Waals surface area contributed by atoms with Crippen LogP contribution in [0.4, 0.5) is 5.82 Å². The van der Waals surface area contributed by atoms with Crippen molar-refractivity contribution in [1.29, 1.82) is 0 Å². The molecule has 0 amide bonds. The normalized spacial score (nSPS) is 15.4. The Bertz CT molecular complexity index is 1840. The molecule has 1 N–H and O–H groups in total. The number of para-hydroxylation sites is 1. The van der Waals surface area contributed by atoms with Crippen molar-refractivity contribution in [2.45, 2.75) is 19.4 Å². The molecule has 1 saturated heterocycles. The lowest BCUT2D eigenvalue weighted by Crippen LogP contribution is -2.45. The minimum Gasteiger partial charge on any atom is -0.345 e. The summed E-state index contributed by atoms with van der Waals surface area (Å²) in [4.78, 5) is 29.3. The van der Waals surface area contributed by atoms with E-state index in [1.807, 2.05) is 55.6 Å². The molecule has 0 radical (unpaired) electrons. The maximum absolute atomic E-state index is 13.7. The molecule has 1 atom stereocenters. The van der Waals surface area contributed by atoms with Crippen molar-refractivity contribution in [2.75, 3.05) is 11.4 Å². The van der Waals surface area contributed by atoms with Crippen molar-refractivity contribution in [3.05, 3.63) is 94.1 Å². The van der Waals surface area contributed by atoms with Crippen LogP contribution in [-0.4, -0.2) is 45.9 Å². The van der Waals surface area contributed by atoms with E-state index in [4.69, 9.17) is 16.7 Å². The number of pyridine rings is 1. The zero-order chi connectivity index (χ0) is 25.1. The Morgan fingerprint density at radius 2 is 1.92 bits per heavy atom. The molecule has 0 unspecified atom stereocenters. The molecule has 6 aromatic rings. The van der Waals surface area contributed by atoms with Crippen LogP contribution in [0.5, 0.6) is 0 Å². The van der Waals surface area contributed by atoms with Crippen LogP contribution < -0.4 is 10.5 Å². The molecule has 1 aliphatic heterocycles. The van der Waals surface area contributed by atoms with Gasteiger partial charge in [-0.1, -0.05) is 29.8 Å². The predicted molar refractivity (Wildman–Crippen MR) is 140 cm³/mol. The third-order valence-electron chi connectivity index (χ3n) is 6.80. The molecular weight excluding hydrogens is 490 g/mol. The predicted octanol–water partition coefficient (Wildman–Crippen LogP) is 4.13. The molecule has 0 bridgehead atoms. The van der Waals surface area contributed by atoms with E-state index in [9.17, 15) is 4.79 Å². The number of rotatable bonds is 4. The molecule has 1 aliphatic rings. The summed E-state index contributed by atoms with van der Waals surface area (Å²) in [6.45, 7) is 2.69. The van der Waals surface area contributed by atoms with Gasteiger partial charge in [0.25, 0.3) is 5.56 Å². The highest BCUT2D eigenvalue weighted by atomic mass is 35.5. The fourth-order valence-corrected chi connectivity index (χ4v) is 5.11. The van der Waals surface area contributed by atoms with Crippen LogP contribution in [0.1, 0.15) is 24.0 Å². The van der Waals surface area contributed by atoms with E-state index >= 15 is 0 Å². The number of hydrogen-bond donors (Lipinski definition) is 1. The zero-order valence-corrected chi connectivity index (χ0v) is 20.5. The van der Waals surface area contributed by atoms with Crippen molar-refractivity contribution in [2.24, 2.45) is 0 Å². The van der Waals surface area contributed by atoms with Crippen LogP contribution in [0.25, 0.3) is 33.5 Å². The lowest BCUT2D eigenvalue weighted by Gasteiger charge is -2.42. The van der Waals surface area contributed by atoms with Crippen LogP contribution in [0, 0.1) is 6.92 Å². The summed E-state index contributed by atoms with van der Waals surface area (Å²) < 4.78 is 3.21. The molecule has 0 aliphatic carbocycles. The molecule has 1 aromatic carbocycles. The summed E-state index contributed by atoms with van der Waals surface area (Å²) in [6, 6.07) is 14.9. The molecule has 11 heteroatoms. The quantitative estimate of drug-likeness (QED) is 0.380. The van der Waals surface area contributed by atoms with Crippen molar-refractivity contribution in [3.8, 4) is 16.9 Å². The maximum atomic E-state index is 13.7. The Morgan fingerprint density at radius 3 is 2.68 bits per heavy atom. The van der Waals surface area contributed by atoms with Gasteiger partial charge < -0.3 is 4.90 Å². The van der Waals surface area contributed by atoms with Crippen LogP contribution >= 0.6 is 11.6 Å². The molecule has 0 spiro atoms. The average molecular weight is 510 g/mol. The van der Waals surface area contributed by atoms with Gasteiger partial charge in [-0.25, -0.2) is 14.5 Å². The van der Waals surface area contributed by atoms with Gasteiger partial charge in [0.15, 0.2) is 11.5 Å². The first kappa shape index (κ1) is 21.7. The van der Waals surface area contributed by atoms with Gasteiger partial charge in [-0.3, -0.25) is 19.4 Å². The number of H-pyrrole nitrogens is 1. The number of aromatic nitrogens is 8. The minimum atomic E-state index is -0.222. The Balaban J connectivity index is 1.41. The number of nitrogens with one attached hydrogen (secondary N) is 1. The first-order valence-corrected chi connectivity index (χ1v) is 12.2. The second kappa shape index (κ2) is 8.24. The summed E-state index contributed by atoms with van der Waals surface area (Å²) >= 11 is 6.36. The van der Waals surface area contributed by atoms with Gasteiger partial charge in [0.1, 0.15) is 17.7 Å². The molecule has 0 saturated carbocycles. The largest absolute Gasteiger partial charge is 0.345 e. The topological polar surface area (TPSA) is 110 Å². The highest BCUT2D eigenvalue weighted by Crippen LogP contribution is 2.41. The second-order valence-electron chi connectivity index (χ2n) is 8.97. The maximum Gasteiger partial charge on any atom is 0.284 e. The van der Waals surface area contributed by atoms with Crippen LogP contribution in [-0.2, 0) is 0 Å². The van der Waals surface area contributed by atoms with Crippen molar-refractivity contribution in [1.82, 2.24) is 39.3 Å². The van der Waals surface area contributed by atoms with E-state index < -0.39 is 0 Å². The SMILES string of the molecule is Cc1ccc(-c2[nH]nc3ncnc(N4CC[C@H]4c4nn5ccc(Cl)c5c(=O)n4-c4ccccc4)c23)cn1. The number of aromatic amines is 1. The van der Waals surface area contributed by atoms with E-state index in [-0.39, 0.29) is 11.6 Å². The first-order chi connectivity index (χ1) is 18.1. The number of anilines is 1. The van der Waals surface area contributed by atoms with Crippen molar-refractivity contribution >= 4 is 34.0 Å². The molecule has 6 heterocycles. The van der Waals surface area contributed by atoms with E-state index in [0.717, 1.165) is 46.8 Å². The highest BCUT2D eigenvalue weighted by molar-refractivity contribution is 6.33. The van der Waals surface area contributed by atoms with Gasteiger partial charge in [0.2, 0.25) is 0 Å². The Labute approximate surface area is 215 Å². The Morgan fingerprint density at radius 1 is 1.05 bits per heavy atom. The second-order valence-corrected chi connectivity index (χ2v) is 9.38. The van der Waals surface area contributed by atoms with E-state index in [1.54, 1.807) is 21.3 Å². The summed E-state index contributed by atoms with van der Waals surface area (Å²) in [5.74, 6) is 1.33. The summed E-state index contributed by atoms with van der Waals surface area (Å²) in [5.41, 5.74) is 4.02. The van der Waals surface area contributed by atoms with Crippen LogP contribution in [0.2, 0.25) is 5.02 Å². The van der Waals surface area contributed by atoms with E-state index in [1.165, 1.54) is 6.33 Å². The van der Waals surface area contributed by atoms with Crippen LogP contribution in [0.15, 0.2) is 72.0 Å². The summed E-state index contributed by atoms with van der Waals surface area (Å²) in [6.07, 6.45) is 5.83. The third kappa shape index (κ3) is 3.33. The molecule has 5 aromatic heterocycles. The highest BCUT2D eigenvalue weighted by Gasteiger charge is 2.37. The third-order valence-corrected chi connectivity index (χ3v) is 7.10. The summed E-state index contributed by atoms with van der Waals surface area (Å²) in [5, 5.41) is 13.6. The zero-order valence-electron chi connectivity index (χ0n) is 19.7. The monoisotopic (exact) mass is 509 g/mol. The number of nitrogens with zero attached hydrogens (tertiary/aromatic N) is 8. The van der Waals surface area contributed by atoms with Gasteiger partial charge in [0.05, 0.1) is 27.8 Å². The number of halogens is 1. The fourth-order valence-electron chi connectivity index (χ4n) is 4.88. The van der Waals surface area contributed by atoms with E-state index in [2.05, 4.69) is 30.0 Å². The van der Waals surface area contributed by atoms with Gasteiger partial charge in [-0.15, -0.1) is 0 Å². The number of fused-ring (bicyclic) bond motifs is 2. The van der Waals surface area contributed by atoms with Gasteiger partial charge in [-0.05, 0) is 43.7 Å². The Kier molecular flexibility index (Phi) is 4.83. The summed E-state index contributed by atoms with van der Waals surface area (Å²) in [7, 11) is 0. The van der Waals surface area contributed by atoms with Crippen LogP contribution in [0.3, 0.4) is 0 Å². The Hall–Kier alpha value is -4.57. The lowest BCUT2D eigenvalue weighted by atomic mass is 10.0. The number of aryl methyl sites for hydroxylation is 1. The lowest BCUT2D eigenvalue weighted by molar-refractivity contribution is 0.424. The first-order valence-electron chi connectivity index (χ1n) is 11.8. The van der Waals surface area contributed by atoms with Gasteiger partial charge in [-0.2, -0.15) is 10.2 Å². The van der Waals surface area contributed by atoms with E-state index in [0.29, 0.717) is 22.0 Å². The average Bonchev–Trinajstić information content (AvgIpc) is 3.49. The number of benzene rings is 1.